The first-order valence-electron chi connectivity index (χ1n) is 10.2. The van der Waals surface area contributed by atoms with Gasteiger partial charge in [0, 0.05) is 38.0 Å². The number of benzene rings is 2. The summed E-state index contributed by atoms with van der Waals surface area (Å²) in [7, 11) is -3.65. The summed E-state index contributed by atoms with van der Waals surface area (Å²) < 4.78 is 36.7. The molecule has 0 atom stereocenters. The van der Waals surface area contributed by atoms with E-state index in [1.165, 1.54) is 4.90 Å². The first-order chi connectivity index (χ1) is 14.9. The van der Waals surface area contributed by atoms with Crippen molar-refractivity contribution in [2.75, 3.05) is 25.6 Å². The van der Waals surface area contributed by atoms with Gasteiger partial charge >= 0.3 is 0 Å². The Morgan fingerprint density at radius 3 is 2.45 bits per heavy atom. The molecule has 2 amide bonds. The van der Waals surface area contributed by atoms with E-state index in [1.807, 2.05) is 30.3 Å². The zero-order chi connectivity index (χ0) is 21.6. The van der Waals surface area contributed by atoms with Crippen molar-refractivity contribution < 1.29 is 27.5 Å². The molecule has 5 rings (SSSR count). The minimum Gasteiger partial charge on any atom is -0.454 e. The number of piperidine rings is 1. The topological polar surface area (TPSA) is 93.2 Å². The molecule has 0 saturated carbocycles. The first-order valence-corrected chi connectivity index (χ1v) is 11.8. The lowest BCUT2D eigenvalue weighted by Crippen LogP contribution is -2.56. The van der Waals surface area contributed by atoms with Crippen molar-refractivity contribution in [3.8, 4) is 11.5 Å². The zero-order valence-electron chi connectivity index (χ0n) is 16.8. The smallest absolute Gasteiger partial charge is 0.253 e. The van der Waals surface area contributed by atoms with Crippen LogP contribution in [-0.4, -0.2) is 60.5 Å². The Morgan fingerprint density at radius 2 is 1.71 bits per heavy atom. The molecule has 1 spiro atoms. The second-order valence-corrected chi connectivity index (χ2v) is 10.3. The first kappa shape index (κ1) is 19.9. The molecule has 2 fully saturated rings. The van der Waals surface area contributed by atoms with Crippen molar-refractivity contribution >= 4 is 21.7 Å². The summed E-state index contributed by atoms with van der Waals surface area (Å²) in [6, 6.07) is 14.4. The van der Waals surface area contributed by atoms with Crippen molar-refractivity contribution in [2.45, 2.75) is 24.3 Å². The maximum absolute atomic E-state index is 13.0. The van der Waals surface area contributed by atoms with Gasteiger partial charge in [0.1, 0.15) is 10.6 Å². The van der Waals surface area contributed by atoms with Crippen LogP contribution in [-0.2, 0) is 21.2 Å². The van der Waals surface area contributed by atoms with Crippen LogP contribution < -0.4 is 9.47 Å². The standard InChI is InChI=1S/C22H22N2O6S/c25-20-14-31(27,28)22(24(20)13-16-4-2-1-3-5-16)8-10-23(11-9-22)21(26)17-6-7-18-19(12-17)30-15-29-18/h1-7,12H,8-11,13-15H2. The van der Waals surface area contributed by atoms with E-state index in [1.54, 1.807) is 23.1 Å². The zero-order valence-corrected chi connectivity index (χ0v) is 17.6. The molecule has 2 aromatic rings. The van der Waals surface area contributed by atoms with Crippen molar-refractivity contribution in [3.05, 3.63) is 59.7 Å². The molecular weight excluding hydrogens is 420 g/mol. The third-order valence-electron chi connectivity index (χ3n) is 6.32. The van der Waals surface area contributed by atoms with Crippen LogP contribution in [0.5, 0.6) is 11.5 Å². The monoisotopic (exact) mass is 442 g/mol. The molecule has 0 N–H and O–H groups in total. The fourth-order valence-electron chi connectivity index (χ4n) is 4.62. The third kappa shape index (κ3) is 3.23. The Balaban J connectivity index is 1.36. The summed E-state index contributed by atoms with van der Waals surface area (Å²) in [5.74, 6) is 0.0816. The van der Waals surface area contributed by atoms with E-state index in [9.17, 15) is 18.0 Å². The van der Waals surface area contributed by atoms with E-state index in [-0.39, 0.29) is 51.1 Å². The lowest BCUT2D eigenvalue weighted by Gasteiger charge is -2.43. The number of nitrogens with zero attached hydrogens (tertiary/aromatic N) is 2. The Kier molecular flexibility index (Phi) is 4.65. The predicted octanol–water partition coefficient (Wildman–Crippen LogP) is 1.80. The second-order valence-electron chi connectivity index (χ2n) is 8.03. The van der Waals surface area contributed by atoms with Crippen molar-refractivity contribution in [1.82, 2.24) is 9.80 Å². The van der Waals surface area contributed by atoms with E-state index in [2.05, 4.69) is 0 Å². The number of sulfone groups is 1. The molecule has 3 aliphatic rings. The molecular formula is C22H22N2O6S. The number of hydrogen-bond acceptors (Lipinski definition) is 6. The van der Waals surface area contributed by atoms with E-state index in [0.29, 0.717) is 17.1 Å². The highest BCUT2D eigenvalue weighted by Gasteiger charge is 2.58. The van der Waals surface area contributed by atoms with E-state index < -0.39 is 20.5 Å². The van der Waals surface area contributed by atoms with Crippen LogP contribution in [0.1, 0.15) is 28.8 Å². The lowest BCUT2D eigenvalue weighted by atomic mass is 10.00. The van der Waals surface area contributed by atoms with Crippen LogP contribution >= 0.6 is 0 Å². The molecule has 0 bridgehead atoms. The SMILES string of the molecule is O=C(c1ccc2c(c1)OCO2)N1CCC2(CC1)N(Cc1ccccc1)C(=O)CS2(=O)=O. The van der Waals surface area contributed by atoms with Crippen molar-refractivity contribution in [3.63, 3.8) is 0 Å². The summed E-state index contributed by atoms with van der Waals surface area (Å²) in [5, 5.41) is 0. The number of fused-ring (bicyclic) bond motifs is 1. The van der Waals surface area contributed by atoms with Gasteiger partial charge in [-0.05, 0) is 23.8 Å². The van der Waals surface area contributed by atoms with Gasteiger partial charge in [0.2, 0.25) is 12.7 Å². The molecule has 3 heterocycles. The van der Waals surface area contributed by atoms with Crippen LogP contribution in [0.15, 0.2) is 48.5 Å². The van der Waals surface area contributed by atoms with Gasteiger partial charge in [-0.15, -0.1) is 0 Å². The molecule has 2 aromatic carbocycles. The normalized spacial score (nSPS) is 21.0. The Bertz CT molecular complexity index is 1140. The van der Waals surface area contributed by atoms with Gasteiger partial charge in [-0.1, -0.05) is 30.3 Å². The number of carbonyl (C=O) groups excluding carboxylic acids is 2. The Hall–Kier alpha value is -3.07. The van der Waals surface area contributed by atoms with Crippen LogP contribution in [0.2, 0.25) is 0 Å². The lowest BCUT2D eigenvalue weighted by molar-refractivity contribution is -0.131. The average molecular weight is 442 g/mol. The fraction of sp³-hybridized carbons (Fsp3) is 0.364. The Labute approximate surface area is 180 Å². The molecule has 0 radical (unpaired) electrons. The number of rotatable bonds is 3. The van der Waals surface area contributed by atoms with E-state index in [0.717, 1.165) is 5.56 Å². The third-order valence-corrected chi connectivity index (χ3v) is 8.73. The molecule has 0 aromatic heterocycles. The molecule has 3 aliphatic heterocycles. The number of likely N-dealkylation sites (tertiary alicyclic amines) is 1. The van der Waals surface area contributed by atoms with Crippen LogP contribution in [0.4, 0.5) is 0 Å². The maximum atomic E-state index is 13.0. The van der Waals surface area contributed by atoms with Gasteiger partial charge in [0.25, 0.3) is 5.91 Å². The summed E-state index contributed by atoms with van der Waals surface area (Å²) in [6.07, 6.45) is 0.397. The highest BCUT2D eigenvalue weighted by Crippen LogP contribution is 2.41. The number of carbonyl (C=O) groups is 2. The van der Waals surface area contributed by atoms with Crippen molar-refractivity contribution in [2.24, 2.45) is 0 Å². The Morgan fingerprint density at radius 1 is 1.00 bits per heavy atom. The van der Waals surface area contributed by atoms with Crippen LogP contribution in [0.25, 0.3) is 0 Å². The average Bonchev–Trinajstić information content (AvgIpc) is 3.31. The quantitative estimate of drug-likeness (QED) is 0.720. The van der Waals surface area contributed by atoms with Crippen LogP contribution in [0.3, 0.4) is 0 Å². The molecule has 0 aliphatic carbocycles. The summed E-state index contributed by atoms with van der Waals surface area (Å²) in [5.41, 5.74) is 1.35. The highest BCUT2D eigenvalue weighted by molar-refractivity contribution is 7.93. The van der Waals surface area contributed by atoms with E-state index in [4.69, 9.17) is 9.47 Å². The highest BCUT2D eigenvalue weighted by atomic mass is 32.2. The van der Waals surface area contributed by atoms with Gasteiger partial charge in [-0.25, -0.2) is 8.42 Å². The molecule has 31 heavy (non-hydrogen) atoms. The van der Waals surface area contributed by atoms with E-state index >= 15 is 0 Å². The number of ether oxygens (including phenoxy) is 2. The number of hydrogen-bond donors (Lipinski definition) is 0. The van der Waals surface area contributed by atoms with Crippen LogP contribution in [0, 0.1) is 0 Å². The van der Waals surface area contributed by atoms with Gasteiger partial charge in [-0.3, -0.25) is 9.59 Å². The minimum absolute atomic E-state index is 0.127. The molecule has 0 unspecified atom stereocenters. The summed E-state index contributed by atoms with van der Waals surface area (Å²) in [6.45, 7) is 0.882. The molecule has 9 heteroatoms. The van der Waals surface area contributed by atoms with Gasteiger partial charge < -0.3 is 19.3 Å². The predicted molar refractivity (Wildman–Crippen MR) is 111 cm³/mol. The number of amides is 2. The maximum Gasteiger partial charge on any atom is 0.253 e. The molecule has 8 nitrogen and oxygen atoms in total. The summed E-state index contributed by atoms with van der Waals surface area (Å²) in [4.78, 5) is 27.5. The summed E-state index contributed by atoms with van der Waals surface area (Å²) >= 11 is 0. The van der Waals surface area contributed by atoms with Gasteiger partial charge in [-0.2, -0.15) is 0 Å². The van der Waals surface area contributed by atoms with Gasteiger partial charge in [0.05, 0.1) is 0 Å². The molecule has 162 valence electrons. The van der Waals surface area contributed by atoms with Crippen molar-refractivity contribution in [1.29, 1.82) is 0 Å². The minimum atomic E-state index is -3.65. The fourth-order valence-corrected chi connectivity index (χ4v) is 6.68. The van der Waals surface area contributed by atoms with Gasteiger partial charge in [0.15, 0.2) is 21.3 Å². The second kappa shape index (κ2) is 7.26. The largest absolute Gasteiger partial charge is 0.454 e. The molecule has 2 saturated heterocycles.